The number of nitrogens with zero attached hydrogens (tertiary/aromatic N) is 3. The summed E-state index contributed by atoms with van der Waals surface area (Å²) in [6, 6.07) is 13.2. The molecule has 3 aromatic rings. The number of carbonyl (C=O) groups is 2. The van der Waals surface area contributed by atoms with Crippen molar-refractivity contribution >= 4 is 29.2 Å². The first-order chi connectivity index (χ1) is 14.7. The van der Waals surface area contributed by atoms with E-state index in [0.717, 1.165) is 16.9 Å². The smallest absolute Gasteiger partial charge is 0.245 e. The van der Waals surface area contributed by atoms with Crippen LogP contribution in [0.15, 0.2) is 53.1 Å². The van der Waals surface area contributed by atoms with Crippen molar-refractivity contribution in [2.24, 2.45) is 0 Å². The lowest BCUT2D eigenvalue weighted by molar-refractivity contribution is -0.133. The average Bonchev–Trinajstić information content (AvgIpc) is 3.37. The molecular weight excluding hydrogens is 416 g/mol. The molecule has 2 heterocycles. The van der Waals surface area contributed by atoms with Crippen molar-refractivity contribution in [2.45, 2.75) is 39.7 Å². The average molecular weight is 443 g/mol. The van der Waals surface area contributed by atoms with Gasteiger partial charge in [0.25, 0.3) is 0 Å². The highest BCUT2D eigenvalue weighted by Gasteiger charge is 2.23. The van der Waals surface area contributed by atoms with Gasteiger partial charge in [-0.1, -0.05) is 39.0 Å². The van der Waals surface area contributed by atoms with Crippen LogP contribution in [0.5, 0.6) is 0 Å². The summed E-state index contributed by atoms with van der Waals surface area (Å²) in [5.41, 5.74) is 2.54. The number of halogens is 1. The van der Waals surface area contributed by atoms with Gasteiger partial charge in [0.15, 0.2) is 0 Å². The minimum Gasteiger partial charge on any atom is -0.467 e. The largest absolute Gasteiger partial charge is 0.467 e. The number of carbonyl (C=O) groups excluding carboxylic acids is 2. The summed E-state index contributed by atoms with van der Waals surface area (Å²) in [5, 5.41) is 7.65. The van der Waals surface area contributed by atoms with Crippen LogP contribution in [0.1, 0.15) is 37.8 Å². The van der Waals surface area contributed by atoms with Gasteiger partial charge < -0.3 is 14.6 Å². The van der Waals surface area contributed by atoms with E-state index in [-0.39, 0.29) is 36.2 Å². The molecule has 0 spiro atoms. The van der Waals surface area contributed by atoms with Crippen LogP contribution >= 0.6 is 11.6 Å². The predicted molar refractivity (Wildman–Crippen MR) is 120 cm³/mol. The quantitative estimate of drug-likeness (QED) is 0.554. The van der Waals surface area contributed by atoms with Gasteiger partial charge in [0.1, 0.15) is 24.0 Å². The summed E-state index contributed by atoms with van der Waals surface area (Å²) in [6.45, 7) is 8.18. The first-order valence-corrected chi connectivity index (χ1v) is 10.5. The summed E-state index contributed by atoms with van der Waals surface area (Å²) >= 11 is 5.74. The van der Waals surface area contributed by atoms with Crippen molar-refractivity contribution in [2.75, 3.05) is 17.7 Å². The van der Waals surface area contributed by atoms with Crippen LogP contribution in [-0.2, 0) is 21.5 Å². The summed E-state index contributed by atoms with van der Waals surface area (Å²) in [6.07, 6.45) is 1.52. The second-order valence-electron chi connectivity index (χ2n) is 8.37. The zero-order chi connectivity index (χ0) is 22.6. The summed E-state index contributed by atoms with van der Waals surface area (Å²) < 4.78 is 7.04. The molecule has 0 bridgehead atoms. The summed E-state index contributed by atoms with van der Waals surface area (Å²) in [7, 11) is 0. The Balaban J connectivity index is 1.86. The molecule has 0 saturated carbocycles. The third-order valence-corrected chi connectivity index (χ3v) is 5.05. The minimum absolute atomic E-state index is 0.157. The Morgan fingerprint density at radius 2 is 1.94 bits per heavy atom. The van der Waals surface area contributed by atoms with Crippen LogP contribution in [0.4, 0.5) is 5.82 Å². The number of hydrogen-bond donors (Lipinski definition) is 1. The van der Waals surface area contributed by atoms with Gasteiger partial charge in [0, 0.05) is 11.5 Å². The molecule has 2 aromatic heterocycles. The molecule has 0 aliphatic rings. The normalized spacial score (nSPS) is 11.4. The molecule has 0 unspecified atom stereocenters. The number of hydrogen-bond acceptors (Lipinski definition) is 4. The Hall–Kier alpha value is -3.06. The number of para-hydroxylation sites is 1. The van der Waals surface area contributed by atoms with E-state index in [0.29, 0.717) is 11.6 Å². The van der Waals surface area contributed by atoms with Crippen LogP contribution < -0.4 is 5.32 Å². The van der Waals surface area contributed by atoms with E-state index in [1.54, 1.807) is 16.8 Å². The van der Waals surface area contributed by atoms with Crippen molar-refractivity contribution in [1.29, 1.82) is 0 Å². The molecular formula is C23H27ClN4O3. The molecule has 1 aromatic carbocycles. The Morgan fingerprint density at radius 1 is 1.19 bits per heavy atom. The van der Waals surface area contributed by atoms with E-state index in [2.05, 4.69) is 26.1 Å². The van der Waals surface area contributed by atoms with E-state index in [4.69, 9.17) is 21.1 Å². The number of rotatable bonds is 7. The second-order valence-corrected chi connectivity index (χ2v) is 8.64. The lowest BCUT2D eigenvalue weighted by Gasteiger charge is -2.20. The Labute approximate surface area is 187 Å². The highest BCUT2D eigenvalue weighted by molar-refractivity contribution is 6.27. The molecule has 3 rings (SSSR count). The van der Waals surface area contributed by atoms with E-state index in [1.165, 1.54) is 11.2 Å². The molecule has 164 valence electrons. The number of aryl methyl sites for hydroxylation is 1. The Bertz CT molecular complexity index is 1050. The summed E-state index contributed by atoms with van der Waals surface area (Å²) in [4.78, 5) is 26.5. The fourth-order valence-electron chi connectivity index (χ4n) is 3.08. The van der Waals surface area contributed by atoms with Gasteiger partial charge in [-0.15, -0.1) is 11.6 Å². The van der Waals surface area contributed by atoms with Gasteiger partial charge in [-0.2, -0.15) is 5.10 Å². The topological polar surface area (TPSA) is 80.4 Å². The minimum atomic E-state index is -0.351. The molecule has 0 fully saturated rings. The van der Waals surface area contributed by atoms with E-state index < -0.39 is 0 Å². The van der Waals surface area contributed by atoms with E-state index in [9.17, 15) is 9.59 Å². The second kappa shape index (κ2) is 9.39. The zero-order valence-electron chi connectivity index (χ0n) is 18.2. The maximum absolute atomic E-state index is 12.9. The third-order valence-electron chi connectivity index (χ3n) is 4.82. The van der Waals surface area contributed by atoms with Gasteiger partial charge in [0.05, 0.1) is 24.2 Å². The van der Waals surface area contributed by atoms with Crippen molar-refractivity contribution in [1.82, 2.24) is 14.7 Å². The lowest BCUT2D eigenvalue weighted by atomic mass is 9.92. The van der Waals surface area contributed by atoms with E-state index >= 15 is 0 Å². The summed E-state index contributed by atoms with van der Waals surface area (Å²) in [5.74, 6) is 0.200. The SMILES string of the molecule is Cc1ccccc1-n1nc(C(C)(C)C)cc1NC(=O)CN(Cc1ccco1)C(=O)CCl. The molecule has 0 atom stereocenters. The Kier molecular flexibility index (Phi) is 6.85. The molecule has 0 saturated heterocycles. The van der Waals surface area contributed by atoms with Crippen LogP contribution in [-0.4, -0.2) is 38.9 Å². The van der Waals surface area contributed by atoms with Gasteiger partial charge in [0.2, 0.25) is 11.8 Å². The highest BCUT2D eigenvalue weighted by Crippen LogP contribution is 2.27. The predicted octanol–water partition coefficient (Wildman–Crippen LogP) is 4.28. The van der Waals surface area contributed by atoms with Crippen molar-refractivity contribution < 1.29 is 14.0 Å². The lowest BCUT2D eigenvalue weighted by Crippen LogP contribution is -2.38. The standard InChI is InChI=1S/C23H27ClN4O3/c1-16-8-5-6-10-18(16)28-20(12-19(26-28)23(2,3)4)25-21(29)15-27(22(30)13-24)14-17-9-7-11-31-17/h5-12H,13-15H2,1-4H3,(H,25,29). The highest BCUT2D eigenvalue weighted by atomic mass is 35.5. The van der Waals surface area contributed by atoms with Crippen molar-refractivity contribution in [3.8, 4) is 5.69 Å². The van der Waals surface area contributed by atoms with Crippen LogP contribution in [0, 0.1) is 6.92 Å². The number of furan rings is 1. The Morgan fingerprint density at radius 3 is 2.55 bits per heavy atom. The molecule has 31 heavy (non-hydrogen) atoms. The molecule has 0 aliphatic carbocycles. The van der Waals surface area contributed by atoms with Gasteiger partial charge in [-0.25, -0.2) is 4.68 Å². The van der Waals surface area contributed by atoms with Crippen molar-refractivity contribution in [3.05, 3.63) is 65.7 Å². The first kappa shape index (κ1) is 22.6. The fourth-order valence-corrected chi connectivity index (χ4v) is 3.25. The number of amides is 2. The van der Waals surface area contributed by atoms with Gasteiger partial charge >= 0.3 is 0 Å². The zero-order valence-corrected chi connectivity index (χ0v) is 18.9. The monoisotopic (exact) mass is 442 g/mol. The van der Waals surface area contributed by atoms with Gasteiger partial charge in [-0.3, -0.25) is 9.59 Å². The molecule has 1 N–H and O–H groups in total. The van der Waals surface area contributed by atoms with Crippen molar-refractivity contribution in [3.63, 3.8) is 0 Å². The number of anilines is 1. The fraction of sp³-hybridized carbons (Fsp3) is 0.348. The number of benzene rings is 1. The first-order valence-electron chi connectivity index (χ1n) is 10.0. The maximum Gasteiger partial charge on any atom is 0.245 e. The number of aromatic nitrogens is 2. The third kappa shape index (κ3) is 5.55. The van der Waals surface area contributed by atoms with Crippen LogP contribution in [0.3, 0.4) is 0 Å². The molecule has 0 aliphatic heterocycles. The number of alkyl halides is 1. The number of nitrogens with one attached hydrogen (secondary N) is 1. The molecule has 8 heteroatoms. The maximum atomic E-state index is 12.9. The van der Waals surface area contributed by atoms with Crippen LogP contribution in [0.25, 0.3) is 5.69 Å². The molecule has 2 amide bonds. The van der Waals surface area contributed by atoms with Crippen LogP contribution in [0.2, 0.25) is 0 Å². The molecule has 7 nitrogen and oxygen atoms in total. The molecule has 0 radical (unpaired) electrons. The van der Waals surface area contributed by atoms with E-state index in [1.807, 2.05) is 37.3 Å². The van der Waals surface area contributed by atoms with Gasteiger partial charge in [-0.05, 0) is 30.7 Å².